The summed E-state index contributed by atoms with van der Waals surface area (Å²) in [5, 5.41) is 3.98. The van der Waals surface area contributed by atoms with Gasteiger partial charge in [-0.05, 0) is 47.9 Å². The molecule has 36 heavy (non-hydrogen) atoms. The van der Waals surface area contributed by atoms with Crippen LogP contribution >= 0.6 is 0 Å². The molecular formula is C30H22N2O3S. The van der Waals surface area contributed by atoms with E-state index in [4.69, 9.17) is 9.17 Å². The first-order valence-corrected chi connectivity index (χ1v) is 13.5. The largest absolute Gasteiger partial charge is 0.381 e. The molecule has 0 N–H and O–H groups in total. The average Bonchev–Trinajstić information content (AvgIpc) is 3.71. The van der Waals surface area contributed by atoms with Gasteiger partial charge in [0.2, 0.25) is 0 Å². The van der Waals surface area contributed by atoms with E-state index < -0.39 is 15.4 Å². The van der Waals surface area contributed by atoms with Crippen LogP contribution in [0.4, 0.5) is 0 Å². The Hall–Kier alpha value is -4.16. The molecule has 7 rings (SSSR count). The average molecular weight is 491 g/mol. The summed E-state index contributed by atoms with van der Waals surface area (Å²) in [6.07, 6.45) is 1.29. The van der Waals surface area contributed by atoms with Crippen LogP contribution in [0.25, 0.3) is 49.7 Å². The van der Waals surface area contributed by atoms with Gasteiger partial charge in [-0.1, -0.05) is 78.9 Å². The Bertz CT molecular complexity index is 1890. The molecule has 1 aliphatic rings. The standard InChI is InChI=1S/C30H22N2O3S/c33-36(34,21-18-19-21)35-27-17-9-8-16-26(27)30-31-28-24-14-6-4-12-22(24)23-13-5-7-15-25(23)29(28)32(30)20-10-2-1-3-11-20/h1-17,21H,18-19H2. The number of nitrogens with zero attached hydrogens (tertiary/aromatic N) is 2. The fraction of sp³-hybridized carbons (Fsp3) is 0.100. The van der Waals surface area contributed by atoms with Crippen molar-refractivity contribution in [2.75, 3.05) is 0 Å². The van der Waals surface area contributed by atoms with Gasteiger partial charge in [0.15, 0.2) is 5.75 Å². The van der Waals surface area contributed by atoms with Crippen molar-refractivity contribution in [2.45, 2.75) is 18.1 Å². The van der Waals surface area contributed by atoms with Crippen molar-refractivity contribution in [3.05, 3.63) is 103 Å². The fourth-order valence-electron chi connectivity index (χ4n) is 4.99. The third kappa shape index (κ3) is 3.29. The van der Waals surface area contributed by atoms with E-state index in [1.165, 1.54) is 0 Å². The first-order chi connectivity index (χ1) is 17.6. The van der Waals surface area contributed by atoms with Crippen molar-refractivity contribution in [3.63, 3.8) is 0 Å². The quantitative estimate of drug-likeness (QED) is 0.195. The molecule has 176 valence electrons. The molecule has 0 radical (unpaired) electrons. The number of imidazole rings is 1. The highest BCUT2D eigenvalue weighted by Gasteiger charge is 2.38. The Balaban J connectivity index is 1.61. The Morgan fingerprint density at radius 3 is 2.00 bits per heavy atom. The molecule has 1 fully saturated rings. The van der Waals surface area contributed by atoms with Crippen LogP contribution in [0.1, 0.15) is 12.8 Å². The predicted molar refractivity (Wildman–Crippen MR) is 144 cm³/mol. The molecule has 0 atom stereocenters. The Labute approximate surface area is 208 Å². The van der Waals surface area contributed by atoms with E-state index in [1.807, 2.05) is 60.7 Å². The van der Waals surface area contributed by atoms with Crippen molar-refractivity contribution in [1.29, 1.82) is 0 Å². The normalized spacial score (nSPS) is 14.0. The number of aromatic nitrogens is 2. The Morgan fingerprint density at radius 1 is 0.694 bits per heavy atom. The van der Waals surface area contributed by atoms with Crippen LogP contribution < -0.4 is 4.18 Å². The van der Waals surface area contributed by atoms with E-state index in [9.17, 15) is 8.42 Å². The Kier molecular flexibility index (Phi) is 4.66. The lowest BCUT2D eigenvalue weighted by molar-refractivity contribution is 0.485. The van der Waals surface area contributed by atoms with Crippen LogP contribution in [-0.2, 0) is 10.1 Å². The molecule has 0 bridgehead atoms. The molecule has 0 saturated heterocycles. The highest BCUT2D eigenvalue weighted by atomic mass is 32.2. The molecule has 0 unspecified atom stereocenters. The van der Waals surface area contributed by atoms with E-state index in [0.717, 1.165) is 38.3 Å². The zero-order valence-corrected chi connectivity index (χ0v) is 20.2. The zero-order chi connectivity index (χ0) is 24.3. The SMILES string of the molecule is O=S(=O)(Oc1ccccc1-c1nc2c3ccccc3c3ccccc3c2n1-c1ccccc1)C1CC1. The van der Waals surface area contributed by atoms with Crippen molar-refractivity contribution < 1.29 is 12.6 Å². The summed E-state index contributed by atoms with van der Waals surface area (Å²) in [5.41, 5.74) is 3.42. The van der Waals surface area contributed by atoms with E-state index in [0.29, 0.717) is 30.0 Å². The van der Waals surface area contributed by atoms with Crippen molar-refractivity contribution in [2.24, 2.45) is 0 Å². The molecule has 1 aliphatic carbocycles. The van der Waals surface area contributed by atoms with Crippen LogP contribution in [0.15, 0.2) is 103 Å². The minimum Gasteiger partial charge on any atom is -0.381 e. The van der Waals surface area contributed by atoms with Crippen molar-refractivity contribution >= 4 is 42.7 Å². The van der Waals surface area contributed by atoms with Gasteiger partial charge in [0, 0.05) is 16.5 Å². The summed E-state index contributed by atoms with van der Waals surface area (Å²) < 4.78 is 33.4. The number of rotatable bonds is 5. The van der Waals surface area contributed by atoms with E-state index in [2.05, 4.69) is 34.9 Å². The number of hydrogen-bond acceptors (Lipinski definition) is 4. The van der Waals surface area contributed by atoms with Crippen LogP contribution in [-0.4, -0.2) is 23.2 Å². The lowest BCUT2D eigenvalue weighted by atomic mass is 10.00. The zero-order valence-electron chi connectivity index (χ0n) is 19.3. The van der Waals surface area contributed by atoms with Crippen molar-refractivity contribution in [1.82, 2.24) is 9.55 Å². The van der Waals surface area contributed by atoms with Crippen molar-refractivity contribution in [3.8, 4) is 22.8 Å². The molecule has 0 amide bonds. The van der Waals surface area contributed by atoms with E-state index in [-0.39, 0.29) is 0 Å². The maximum absolute atomic E-state index is 12.8. The third-order valence-electron chi connectivity index (χ3n) is 6.81. The maximum atomic E-state index is 12.8. The number of fused-ring (bicyclic) bond motifs is 6. The van der Waals surface area contributed by atoms with Crippen LogP contribution in [0, 0.1) is 0 Å². The fourth-order valence-corrected chi connectivity index (χ4v) is 6.23. The Morgan fingerprint density at radius 2 is 1.28 bits per heavy atom. The molecule has 6 aromatic rings. The number of hydrogen-bond donors (Lipinski definition) is 0. The van der Waals surface area contributed by atoms with Crippen LogP contribution in [0.3, 0.4) is 0 Å². The molecule has 5 nitrogen and oxygen atoms in total. The maximum Gasteiger partial charge on any atom is 0.312 e. The van der Waals surface area contributed by atoms with Gasteiger partial charge in [-0.3, -0.25) is 4.57 Å². The van der Waals surface area contributed by atoms with Crippen LogP contribution in [0.2, 0.25) is 0 Å². The van der Waals surface area contributed by atoms with Crippen LogP contribution in [0.5, 0.6) is 5.75 Å². The van der Waals surface area contributed by atoms with Gasteiger partial charge >= 0.3 is 10.1 Å². The second-order valence-corrected chi connectivity index (χ2v) is 11.0. The molecule has 1 saturated carbocycles. The highest BCUT2D eigenvalue weighted by Crippen LogP contribution is 2.41. The topological polar surface area (TPSA) is 61.2 Å². The summed E-state index contributed by atoms with van der Waals surface area (Å²) in [4.78, 5) is 5.18. The van der Waals surface area contributed by atoms with Gasteiger partial charge in [-0.2, -0.15) is 8.42 Å². The second-order valence-electron chi connectivity index (χ2n) is 9.17. The lowest BCUT2D eigenvalue weighted by Gasteiger charge is -2.14. The third-order valence-corrected chi connectivity index (χ3v) is 8.51. The van der Waals surface area contributed by atoms with Gasteiger partial charge in [-0.15, -0.1) is 0 Å². The summed E-state index contributed by atoms with van der Waals surface area (Å²) in [6.45, 7) is 0. The lowest BCUT2D eigenvalue weighted by Crippen LogP contribution is -2.15. The summed E-state index contributed by atoms with van der Waals surface area (Å²) >= 11 is 0. The summed E-state index contributed by atoms with van der Waals surface area (Å²) in [7, 11) is -3.68. The number of para-hydroxylation sites is 2. The monoisotopic (exact) mass is 490 g/mol. The molecular weight excluding hydrogens is 468 g/mol. The number of benzene rings is 5. The first-order valence-electron chi connectivity index (χ1n) is 12.0. The molecule has 6 heteroatoms. The highest BCUT2D eigenvalue weighted by molar-refractivity contribution is 7.88. The molecule has 1 aromatic heterocycles. The van der Waals surface area contributed by atoms with Gasteiger partial charge in [0.05, 0.1) is 21.8 Å². The minimum absolute atomic E-state index is 0.297. The van der Waals surface area contributed by atoms with Gasteiger partial charge < -0.3 is 4.18 Å². The van der Waals surface area contributed by atoms with Gasteiger partial charge in [0.25, 0.3) is 0 Å². The second kappa shape index (κ2) is 7.93. The predicted octanol–water partition coefficient (Wildman–Crippen LogP) is 6.87. The summed E-state index contributed by atoms with van der Waals surface area (Å²) in [5.74, 6) is 0.935. The smallest absolute Gasteiger partial charge is 0.312 e. The molecule has 0 aliphatic heterocycles. The van der Waals surface area contributed by atoms with E-state index in [1.54, 1.807) is 12.1 Å². The molecule has 1 heterocycles. The first kappa shape index (κ1) is 21.1. The molecule has 5 aromatic carbocycles. The molecule has 0 spiro atoms. The van der Waals surface area contributed by atoms with E-state index >= 15 is 0 Å². The van der Waals surface area contributed by atoms with Gasteiger partial charge in [0.1, 0.15) is 5.82 Å². The van der Waals surface area contributed by atoms with Gasteiger partial charge in [-0.25, -0.2) is 4.98 Å². The summed E-state index contributed by atoms with van der Waals surface area (Å²) in [6, 6.07) is 33.9. The minimum atomic E-state index is -3.68.